The highest BCUT2D eigenvalue weighted by molar-refractivity contribution is 7.99. The van der Waals surface area contributed by atoms with Crippen LogP contribution in [0.15, 0.2) is 6.33 Å². The number of thioether (sulfide) groups is 1. The molecule has 6 atom stereocenters. The van der Waals surface area contributed by atoms with Crippen LogP contribution in [0.4, 0.5) is 30.7 Å². The van der Waals surface area contributed by atoms with Crippen LogP contribution in [-0.2, 0) is 64.0 Å². The maximum atomic E-state index is 13.2. The smallest absolute Gasteiger partial charge is 0.367 e. The lowest BCUT2D eigenvalue weighted by molar-refractivity contribution is -0.278. The molecule has 27 nitrogen and oxygen atoms in total. The second kappa shape index (κ2) is 57.4. The second-order valence-electron chi connectivity index (χ2n) is 30.4. The Kier molecular flexibility index (Phi) is 52.4. The number of carbonyl (C=O) groups excluding carboxylic acids is 10. The summed E-state index contributed by atoms with van der Waals surface area (Å²) in [6.45, 7) is 1.55. The van der Waals surface area contributed by atoms with Crippen molar-refractivity contribution in [1.29, 1.82) is 0 Å². The Morgan fingerprint density at radius 1 is 0.459 bits per heavy atom. The zero-order valence-electron chi connectivity index (χ0n) is 66.5. The fraction of sp³-hybridized carbons (Fsp3) is 0.855. The lowest BCUT2D eigenvalue weighted by atomic mass is 10.0. The van der Waals surface area contributed by atoms with Gasteiger partial charge in [0.05, 0.1) is 42.5 Å². The molecule has 5 aliphatic rings. The van der Waals surface area contributed by atoms with Crippen LogP contribution >= 0.6 is 11.8 Å². The number of likely N-dealkylation sites (N-methyl/N-ethyl adjacent to an activating group) is 1. The van der Waals surface area contributed by atoms with E-state index in [2.05, 4.69) is 46.7 Å². The molecule has 0 spiro atoms. The SMILES string of the molecule is CC(F)(F)C(OCC(=O)C(CCCCN)NC(=O)C1CCCC1)C(F)(F)F.CC(F)(F)COCC(=O)C(CCCCN)NC(=O)C1CCCC1.CN(C)CC(=O)[C@H](CCCCN)NC(=O)C1CCCC1.CSCC(=O)[C@H](CCCCN)NC(=O)C1CCCC1.NCCCC[C@H](NC(=O)C1CCCC1)C(=O)Cn1ncnn1. The van der Waals surface area contributed by atoms with Crippen LogP contribution in [0.25, 0.3) is 0 Å². The number of ketones is 5. The van der Waals surface area contributed by atoms with Crippen molar-refractivity contribution in [3.8, 4) is 0 Å². The number of halogens is 7. The molecule has 0 aliphatic heterocycles. The normalized spacial score (nSPS) is 17.4. The Hall–Kier alpha value is -5.69. The Morgan fingerprint density at radius 3 is 1.02 bits per heavy atom. The molecular formula is C76H134F7N15O12S. The van der Waals surface area contributed by atoms with E-state index in [4.69, 9.17) is 33.4 Å². The number of alkyl halides is 7. The van der Waals surface area contributed by atoms with Crippen LogP contribution in [0.3, 0.4) is 0 Å². The average molecular weight is 1620 g/mol. The lowest BCUT2D eigenvalue weighted by Gasteiger charge is -2.27. The first-order valence-corrected chi connectivity index (χ1v) is 41.6. The van der Waals surface area contributed by atoms with Gasteiger partial charge in [0.15, 0.2) is 35.2 Å². The van der Waals surface area contributed by atoms with Gasteiger partial charge in [0.2, 0.25) is 35.6 Å². The molecule has 0 aromatic carbocycles. The summed E-state index contributed by atoms with van der Waals surface area (Å²) in [6, 6.07) is -2.92. The maximum absolute atomic E-state index is 13.2. The summed E-state index contributed by atoms with van der Waals surface area (Å²) in [5, 5.41) is 25.3. The number of nitrogens with zero attached hydrogens (tertiary/aromatic N) is 5. The molecule has 111 heavy (non-hydrogen) atoms. The lowest BCUT2D eigenvalue weighted by Crippen LogP contribution is -2.49. The fourth-order valence-electron chi connectivity index (χ4n) is 13.8. The van der Waals surface area contributed by atoms with Crippen LogP contribution in [0, 0.1) is 29.6 Å². The third-order valence-corrected chi connectivity index (χ3v) is 20.7. The molecule has 5 saturated carbocycles. The van der Waals surface area contributed by atoms with Crippen molar-refractivity contribution >= 4 is 70.2 Å². The zero-order chi connectivity index (χ0) is 82.8. The van der Waals surface area contributed by atoms with Gasteiger partial charge >= 0.3 is 6.18 Å². The van der Waals surface area contributed by atoms with E-state index in [9.17, 15) is 78.7 Å². The van der Waals surface area contributed by atoms with Crippen LogP contribution in [0.2, 0.25) is 0 Å². The monoisotopic (exact) mass is 1610 g/mol. The summed E-state index contributed by atoms with van der Waals surface area (Å²) in [7, 11) is 3.74. The molecule has 5 fully saturated rings. The molecule has 1 heterocycles. The zero-order valence-corrected chi connectivity index (χ0v) is 67.3. The number of nitrogens with two attached hydrogens (primary N) is 5. The first-order chi connectivity index (χ1) is 52.7. The second-order valence-corrected chi connectivity index (χ2v) is 31.2. The molecule has 1 aromatic heterocycles. The number of hydrogen-bond acceptors (Lipinski definition) is 22. The molecule has 3 unspecified atom stereocenters. The van der Waals surface area contributed by atoms with Crippen LogP contribution in [0.1, 0.15) is 239 Å². The average Bonchev–Trinajstić information content (AvgIpc) is 1.81. The highest BCUT2D eigenvalue weighted by atomic mass is 32.2. The fourth-order valence-corrected chi connectivity index (χ4v) is 14.3. The quantitative estimate of drug-likeness (QED) is 0.0221. The van der Waals surface area contributed by atoms with Crippen molar-refractivity contribution in [2.24, 2.45) is 58.3 Å². The van der Waals surface area contributed by atoms with Gasteiger partial charge in [-0.2, -0.15) is 29.7 Å². The Balaban J connectivity index is 0.000000473. The molecule has 0 saturated heterocycles. The Morgan fingerprint density at radius 2 is 0.757 bits per heavy atom. The molecule has 5 aliphatic carbocycles. The molecule has 1 aromatic rings. The maximum Gasteiger partial charge on any atom is 0.420 e. The number of ether oxygens (including phenoxy) is 2. The van der Waals surface area contributed by atoms with Crippen LogP contribution < -0.4 is 55.3 Å². The van der Waals surface area contributed by atoms with E-state index in [1.807, 2.05) is 25.3 Å². The number of rotatable bonds is 49. The first kappa shape index (κ1) is 101. The van der Waals surface area contributed by atoms with Gasteiger partial charge in [0.25, 0.3) is 11.8 Å². The summed E-state index contributed by atoms with van der Waals surface area (Å²) < 4.78 is 98.9. The van der Waals surface area contributed by atoms with Crippen molar-refractivity contribution in [3.05, 3.63) is 6.33 Å². The van der Waals surface area contributed by atoms with Gasteiger partial charge < -0.3 is 69.6 Å². The predicted molar refractivity (Wildman–Crippen MR) is 412 cm³/mol. The number of unbranched alkanes of at least 4 members (excludes halogenated alkanes) is 5. The van der Waals surface area contributed by atoms with E-state index >= 15 is 0 Å². The van der Waals surface area contributed by atoms with Crippen molar-refractivity contribution in [3.63, 3.8) is 0 Å². The van der Waals surface area contributed by atoms with Crippen molar-refractivity contribution in [2.75, 3.05) is 85.2 Å². The third kappa shape index (κ3) is 44.7. The van der Waals surface area contributed by atoms with E-state index in [-0.39, 0.29) is 114 Å². The van der Waals surface area contributed by atoms with E-state index < -0.39 is 67.9 Å². The van der Waals surface area contributed by atoms with E-state index in [1.165, 1.54) is 22.9 Å². The number of tetrazole rings is 1. The minimum Gasteiger partial charge on any atom is -0.367 e. The minimum absolute atomic E-state index is 0.00449. The summed E-state index contributed by atoms with van der Waals surface area (Å²) >= 11 is 1.51. The molecule has 640 valence electrons. The number of carbonyl (C=O) groups is 10. The number of nitrogens with one attached hydrogen (secondary N) is 5. The van der Waals surface area contributed by atoms with Crippen molar-refractivity contribution < 1.29 is 88.2 Å². The largest absolute Gasteiger partial charge is 0.420 e. The molecule has 6 rings (SSSR count). The number of aromatic nitrogens is 4. The molecular weight excluding hydrogens is 1480 g/mol. The molecule has 0 radical (unpaired) electrons. The number of amides is 5. The van der Waals surface area contributed by atoms with E-state index in [1.54, 1.807) is 0 Å². The molecule has 15 N–H and O–H groups in total. The molecule has 5 amide bonds. The van der Waals surface area contributed by atoms with Gasteiger partial charge in [-0.05, 0) is 219 Å². The highest BCUT2D eigenvalue weighted by Crippen LogP contribution is 2.35. The van der Waals surface area contributed by atoms with Gasteiger partial charge in [-0.1, -0.05) is 64.2 Å². The summed E-state index contributed by atoms with van der Waals surface area (Å²) in [5.74, 6) is -8.10. The standard InChI is InChI=1S/C17H27F5N2O3.C16H28F2N2O3.C15H29N3O2.C14H24N6O2.C14H26N2O2S/c1-16(18,19)15(17(20,21)22)27-10-13(25)12(8-4-5-9-23)24-14(26)11-6-2-3-7-11;1-16(17,18)11-23-10-14(21)13(8-4-5-9-19)20-15(22)12-6-2-3-7-12;1-18(2)11-14(19)13(9-5-6-10-16)17-15(20)12-7-3-4-8-12;15-8-4-3-7-12(13(21)9-20-17-10-16-19-20)18-14(22)11-5-1-2-6-11;1-19-10-13(17)12(8-4-5-9-15)16-14(18)11-6-2-3-7-11/h11-12,15H,2-10,23H2,1H3,(H,24,26);12-13H,2-11,19H2,1H3,(H,20,22);12-13H,3-11,16H2,1-2H3,(H,17,20);10-12H,1-9,15H2,(H,18,22);11-12H,2-10,15H2,1H3,(H,16,18)/t;;13-;2*12-/m..000/s1. The summed E-state index contributed by atoms with van der Waals surface area (Å²) in [4.78, 5) is 125. The van der Waals surface area contributed by atoms with Crippen molar-refractivity contribution in [1.82, 2.24) is 51.7 Å². The molecule has 35 heteroatoms. The van der Waals surface area contributed by atoms with Crippen LogP contribution in [0.5, 0.6) is 0 Å². The van der Waals surface area contributed by atoms with Crippen LogP contribution in [-0.4, -0.2) is 223 Å². The first-order valence-electron chi connectivity index (χ1n) is 40.2. The van der Waals surface area contributed by atoms with Gasteiger partial charge in [-0.3, -0.25) is 47.9 Å². The summed E-state index contributed by atoms with van der Waals surface area (Å²) in [6.07, 6.45) is 24.1. The number of Topliss-reactive ketones (excluding diaryl/α,β-unsaturated/α-hetero) is 5. The van der Waals surface area contributed by atoms with Gasteiger partial charge in [-0.25, -0.2) is 17.6 Å². The van der Waals surface area contributed by atoms with Gasteiger partial charge in [-0.15, -0.1) is 10.2 Å². The number of hydrogen-bond donors (Lipinski definition) is 10. The van der Waals surface area contributed by atoms with E-state index in [0.29, 0.717) is 96.4 Å². The molecule has 0 bridgehead atoms. The highest BCUT2D eigenvalue weighted by Gasteiger charge is 2.54. The van der Waals surface area contributed by atoms with Crippen molar-refractivity contribution in [2.45, 2.75) is 299 Å². The Labute approximate surface area is 656 Å². The third-order valence-electron chi connectivity index (χ3n) is 20.1. The minimum atomic E-state index is -5.32. The Bertz CT molecular complexity index is 2790. The van der Waals surface area contributed by atoms with Gasteiger partial charge in [0, 0.05) is 43.4 Å². The topological polar surface area (TPSA) is 426 Å². The predicted octanol–water partition coefficient (Wildman–Crippen LogP) is 7.68. The van der Waals surface area contributed by atoms with E-state index in [0.717, 1.165) is 174 Å². The summed E-state index contributed by atoms with van der Waals surface area (Å²) in [5.41, 5.74) is 27.3. The van der Waals surface area contributed by atoms with Gasteiger partial charge in [0.1, 0.15) is 26.4 Å².